The van der Waals surface area contributed by atoms with E-state index in [1.807, 2.05) is 6.92 Å². The van der Waals surface area contributed by atoms with Crippen LogP contribution in [-0.4, -0.2) is 41.6 Å². The number of rotatable bonds is 2. The Balaban J connectivity index is 0.000000265. The van der Waals surface area contributed by atoms with Gasteiger partial charge < -0.3 is 15.5 Å². The number of carbonyl (C=O) groups is 1. The second kappa shape index (κ2) is 5.92. The zero-order chi connectivity index (χ0) is 12.1. The highest BCUT2D eigenvalue weighted by Gasteiger charge is 2.38. The van der Waals surface area contributed by atoms with Crippen molar-refractivity contribution in [3.05, 3.63) is 0 Å². The van der Waals surface area contributed by atoms with Crippen LogP contribution < -0.4 is 5.32 Å². The Hall–Kier alpha value is -0.820. The van der Waals surface area contributed by atoms with Gasteiger partial charge in [0.25, 0.3) is 0 Å². The molecule has 7 heteroatoms. The van der Waals surface area contributed by atoms with Crippen molar-refractivity contribution in [1.82, 2.24) is 5.32 Å². The van der Waals surface area contributed by atoms with Crippen molar-refractivity contribution < 1.29 is 28.2 Å². The largest absolute Gasteiger partial charge is 0.490 e. The van der Waals surface area contributed by atoms with Crippen molar-refractivity contribution >= 4 is 5.97 Å². The van der Waals surface area contributed by atoms with Gasteiger partial charge in [-0.2, -0.15) is 13.2 Å². The number of alkyl halides is 3. The van der Waals surface area contributed by atoms with Crippen molar-refractivity contribution in [2.24, 2.45) is 5.92 Å². The van der Waals surface area contributed by atoms with Crippen molar-refractivity contribution in [2.45, 2.75) is 25.6 Å². The highest BCUT2D eigenvalue weighted by Crippen LogP contribution is 2.13. The Morgan fingerprint density at radius 3 is 2.00 bits per heavy atom. The van der Waals surface area contributed by atoms with Gasteiger partial charge >= 0.3 is 12.1 Å². The molecule has 1 rings (SSSR count). The number of halogens is 3. The lowest BCUT2D eigenvalue weighted by molar-refractivity contribution is -0.192. The van der Waals surface area contributed by atoms with Gasteiger partial charge in [0.15, 0.2) is 0 Å². The Labute approximate surface area is 85.1 Å². The lowest BCUT2D eigenvalue weighted by atomic mass is 9.97. The van der Waals surface area contributed by atoms with Crippen LogP contribution in [0.4, 0.5) is 13.2 Å². The van der Waals surface area contributed by atoms with Crippen molar-refractivity contribution in [1.29, 1.82) is 0 Å². The van der Waals surface area contributed by atoms with Gasteiger partial charge in [-0.15, -0.1) is 0 Å². The van der Waals surface area contributed by atoms with Crippen LogP contribution in [0.3, 0.4) is 0 Å². The molecule has 90 valence electrons. The molecule has 1 aliphatic rings. The van der Waals surface area contributed by atoms with E-state index in [-0.39, 0.29) is 6.10 Å². The topological polar surface area (TPSA) is 69.6 Å². The molecule has 0 aromatic rings. The number of aliphatic carboxylic acids is 1. The van der Waals surface area contributed by atoms with E-state index in [0.29, 0.717) is 0 Å². The Morgan fingerprint density at radius 1 is 1.53 bits per heavy atom. The molecule has 1 aliphatic heterocycles. The molecule has 15 heavy (non-hydrogen) atoms. The van der Waals surface area contributed by atoms with Crippen LogP contribution in [0.1, 0.15) is 13.3 Å². The van der Waals surface area contributed by atoms with Gasteiger partial charge in [0.2, 0.25) is 0 Å². The SMILES string of the molecule is CC(O)CC1CNC1.O=C(O)C(F)(F)F. The van der Waals surface area contributed by atoms with Gasteiger partial charge in [-0.1, -0.05) is 0 Å². The smallest absolute Gasteiger partial charge is 0.475 e. The normalized spacial score (nSPS) is 18.5. The number of aliphatic hydroxyl groups excluding tert-OH is 1. The first kappa shape index (κ1) is 14.2. The molecule has 1 atom stereocenters. The first-order valence-electron chi connectivity index (χ1n) is 4.42. The monoisotopic (exact) mass is 229 g/mol. The maximum Gasteiger partial charge on any atom is 0.490 e. The van der Waals surface area contributed by atoms with Crippen LogP contribution in [0.2, 0.25) is 0 Å². The Morgan fingerprint density at radius 2 is 1.93 bits per heavy atom. The Kier molecular flexibility index (Phi) is 5.59. The van der Waals surface area contributed by atoms with Crippen molar-refractivity contribution in [3.8, 4) is 0 Å². The standard InChI is InChI=1S/C6H13NO.C2HF3O2/c1-5(8)2-6-3-7-4-6;3-2(4,5)1(6)7/h5-8H,2-4H2,1H3;(H,6,7). The minimum absolute atomic E-state index is 0.109. The van der Waals surface area contributed by atoms with Crippen molar-refractivity contribution in [3.63, 3.8) is 0 Å². The van der Waals surface area contributed by atoms with Gasteiger partial charge in [0, 0.05) is 0 Å². The van der Waals surface area contributed by atoms with Gasteiger partial charge in [0.1, 0.15) is 0 Å². The molecule has 3 N–H and O–H groups in total. The molecule has 4 nitrogen and oxygen atoms in total. The van der Waals surface area contributed by atoms with E-state index in [9.17, 15) is 13.2 Å². The third-order valence-corrected chi connectivity index (χ3v) is 1.78. The van der Waals surface area contributed by atoms with Crippen molar-refractivity contribution in [2.75, 3.05) is 13.1 Å². The molecule has 1 unspecified atom stereocenters. The summed E-state index contributed by atoms with van der Waals surface area (Å²) in [5.41, 5.74) is 0. The second-order valence-electron chi connectivity index (χ2n) is 3.41. The van der Waals surface area contributed by atoms with Gasteiger partial charge in [-0.25, -0.2) is 4.79 Å². The summed E-state index contributed by atoms with van der Waals surface area (Å²) in [5, 5.41) is 19.1. The van der Waals surface area contributed by atoms with Gasteiger partial charge in [-0.3, -0.25) is 0 Å². The summed E-state index contributed by atoms with van der Waals surface area (Å²) in [6, 6.07) is 0. The first-order valence-corrected chi connectivity index (χ1v) is 4.42. The molecule has 0 aromatic heterocycles. The zero-order valence-electron chi connectivity index (χ0n) is 8.21. The third kappa shape index (κ3) is 7.15. The van der Waals surface area contributed by atoms with Crippen LogP contribution in [0.5, 0.6) is 0 Å². The van der Waals surface area contributed by atoms with E-state index in [2.05, 4.69) is 5.32 Å². The number of carboxylic acids is 1. The second-order valence-corrected chi connectivity index (χ2v) is 3.41. The summed E-state index contributed by atoms with van der Waals surface area (Å²) in [4.78, 5) is 8.90. The van der Waals surface area contributed by atoms with Crippen LogP contribution >= 0.6 is 0 Å². The predicted molar refractivity (Wildman–Crippen MR) is 46.3 cm³/mol. The van der Waals surface area contributed by atoms with E-state index in [1.54, 1.807) is 0 Å². The number of hydrogen-bond donors (Lipinski definition) is 3. The molecule has 0 spiro atoms. The number of nitrogens with one attached hydrogen (secondary N) is 1. The van der Waals surface area contributed by atoms with Gasteiger partial charge in [0.05, 0.1) is 6.10 Å². The molecule has 0 amide bonds. The maximum atomic E-state index is 10.6. The molecular weight excluding hydrogens is 215 g/mol. The van der Waals surface area contributed by atoms with E-state index in [1.165, 1.54) is 0 Å². The molecule has 0 aliphatic carbocycles. The Bertz CT molecular complexity index is 202. The quantitative estimate of drug-likeness (QED) is 0.649. The molecule has 0 aromatic carbocycles. The van der Waals surface area contributed by atoms with Crippen LogP contribution in [0.15, 0.2) is 0 Å². The third-order valence-electron chi connectivity index (χ3n) is 1.78. The minimum Gasteiger partial charge on any atom is -0.475 e. The molecule has 1 saturated heterocycles. The summed E-state index contributed by atoms with van der Waals surface area (Å²) in [6.07, 6.45) is -4.23. The molecule has 0 radical (unpaired) electrons. The van der Waals surface area contributed by atoms with Crippen LogP contribution in [0.25, 0.3) is 0 Å². The minimum atomic E-state index is -5.08. The average Bonchev–Trinajstić information content (AvgIpc) is 1.96. The molecular formula is C8H14F3NO3. The molecule has 0 bridgehead atoms. The summed E-state index contributed by atoms with van der Waals surface area (Å²) in [5.74, 6) is -2.01. The summed E-state index contributed by atoms with van der Waals surface area (Å²) in [7, 11) is 0. The van der Waals surface area contributed by atoms with E-state index in [4.69, 9.17) is 15.0 Å². The molecule has 1 fully saturated rings. The fourth-order valence-electron chi connectivity index (χ4n) is 0.998. The highest BCUT2D eigenvalue weighted by molar-refractivity contribution is 5.73. The van der Waals surface area contributed by atoms with Crippen LogP contribution in [-0.2, 0) is 4.79 Å². The number of aliphatic hydroxyl groups is 1. The molecule has 0 saturated carbocycles. The lowest BCUT2D eigenvalue weighted by Crippen LogP contribution is -2.43. The predicted octanol–water partition coefficient (Wildman–Crippen LogP) is 0.610. The van der Waals surface area contributed by atoms with E-state index < -0.39 is 12.1 Å². The fraction of sp³-hybridized carbons (Fsp3) is 0.875. The lowest BCUT2D eigenvalue weighted by Gasteiger charge is -2.27. The first-order chi connectivity index (χ1) is 6.73. The van der Waals surface area contributed by atoms with E-state index >= 15 is 0 Å². The maximum absolute atomic E-state index is 10.6. The summed E-state index contributed by atoms with van der Waals surface area (Å²) >= 11 is 0. The molecule has 1 heterocycles. The van der Waals surface area contributed by atoms with E-state index in [0.717, 1.165) is 25.4 Å². The fourth-order valence-corrected chi connectivity index (χ4v) is 0.998. The average molecular weight is 229 g/mol. The highest BCUT2D eigenvalue weighted by atomic mass is 19.4. The number of carboxylic acid groups (broad SMARTS) is 1. The number of hydrogen-bond acceptors (Lipinski definition) is 3. The van der Waals surface area contributed by atoms with Gasteiger partial charge in [-0.05, 0) is 32.4 Å². The summed E-state index contributed by atoms with van der Waals surface area (Å²) < 4.78 is 31.7. The van der Waals surface area contributed by atoms with Crippen LogP contribution in [0, 0.1) is 5.92 Å². The zero-order valence-corrected chi connectivity index (χ0v) is 8.21. The summed E-state index contributed by atoms with van der Waals surface area (Å²) in [6.45, 7) is 4.05.